The smallest absolute Gasteiger partial charge is 0.172 e. The fourth-order valence-electron chi connectivity index (χ4n) is 3.15. The SMILES string of the molecule is O=C(c1c(F)cc(Br)cc1F)C1CCOC2(CCC2)C1. The van der Waals surface area contributed by atoms with E-state index in [9.17, 15) is 13.6 Å². The minimum Gasteiger partial charge on any atom is -0.375 e. The molecule has 0 bridgehead atoms. The molecule has 1 aromatic rings. The average Bonchev–Trinajstić information content (AvgIpc) is 2.35. The van der Waals surface area contributed by atoms with Gasteiger partial charge in [-0.25, -0.2) is 8.78 Å². The zero-order valence-corrected chi connectivity index (χ0v) is 12.5. The Morgan fingerprint density at radius 1 is 1.30 bits per heavy atom. The maximum atomic E-state index is 13.9. The maximum Gasteiger partial charge on any atom is 0.172 e. The molecule has 1 aliphatic carbocycles. The van der Waals surface area contributed by atoms with E-state index in [2.05, 4.69) is 15.9 Å². The molecule has 0 N–H and O–H groups in total. The number of Topliss-reactive ketones (excluding diaryl/α,β-unsaturated/α-hetero) is 1. The molecule has 5 heteroatoms. The van der Waals surface area contributed by atoms with Gasteiger partial charge in [0.2, 0.25) is 0 Å². The number of carbonyl (C=O) groups is 1. The highest BCUT2D eigenvalue weighted by atomic mass is 79.9. The van der Waals surface area contributed by atoms with Crippen molar-refractivity contribution >= 4 is 21.7 Å². The largest absolute Gasteiger partial charge is 0.375 e. The summed E-state index contributed by atoms with van der Waals surface area (Å²) >= 11 is 3.02. The third-order valence-electron chi connectivity index (χ3n) is 4.38. The number of ether oxygens (including phenoxy) is 1. The molecule has 2 nitrogen and oxygen atoms in total. The van der Waals surface area contributed by atoms with Crippen LogP contribution in [-0.4, -0.2) is 18.0 Å². The van der Waals surface area contributed by atoms with Gasteiger partial charge in [0.1, 0.15) is 11.6 Å². The summed E-state index contributed by atoms with van der Waals surface area (Å²) < 4.78 is 33.8. The first-order valence-electron chi connectivity index (χ1n) is 6.83. The average molecular weight is 345 g/mol. The van der Waals surface area contributed by atoms with Gasteiger partial charge in [-0.15, -0.1) is 0 Å². The number of halogens is 3. The number of rotatable bonds is 2. The summed E-state index contributed by atoms with van der Waals surface area (Å²) in [5.74, 6) is -2.36. The van der Waals surface area contributed by atoms with Gasteiger partial charge in [0, 0.05) is 17.0 Å². The molecule has 1 unspecified atom stereocenters. The van der Waals surface area contributed by atoms with Crippen molar-refractivity contribution in [1.82, 2.24) is 0 Å². The molecule has 0 amide bonds. The second-order valence-corrected chi connectivity index (χ2v) is 6.60. The highest BCUT2D eigenvalue weighted by Gasteiger charge is 2.45. The second-order valence-electron chi connectivity index (χ2n) is 5.68. The molecule has 1 saturated carbocycles. The van der Waals surface area contributed by atoms with Crippen molar-refractivity contribution in [3.63, 3.8) is 0 Å². The van der Waals surface area contributed by atoms with Gasteiger partial charge >= 0.3 is 0 Å². The lowest BCUT2D eigenvalue weighted by Crippen LogP contribution is -2.47. The van der Waals surface area contributed by atoms with Crippen LogP contribution in [0.3, 0.4) is 0 Å². The summed E-state index contributed by atoms with van der Waals surface area (Å²) in [6.07, 6.45) is 4.11. The van der Waals surface area contributed by atoms with E-state index in [0.29, 0.717) is 23.9 Å². The molecule has 108 valence electrons. The summed E-state index contributed by atoms with van der Waals surface area (Å²) in [5, 5.41) is 0. The lowest BCUT2D eigenvalue weighted by Gasteiger charge is -2.46. The van der Waals surface area contributed by atoms with Crippen LogP contribution in [0.4, 0.5) is 8.78 Å². The monoisotopic (exact) mass is 344 g/mol. The fourth-order valence-corrected chi connectivity index (χ4v) is 3.55. The van der Waals surface area contributed by atoms with Gasteiger partial charge in [0.05, 0.1) is 11.2 Å². The van der Waals surface area contributed by atoms with Crippen molar-refractivity contribution in [3.05, 3.63) is 33.8 Å². The van der Waals surface area contributed by atoms with Crippen molar-refractivity contribution in [1.29, 1.82) is 0 Å². The van der Waals surface area contributed by atoms with Crippen LogP contribution in [0.5, 0.6) is 0 Å². The van der Waals surface area contributed by atoms with Crippen LogP contribution in [0.1, 0.15) is 42.5 Å². The Labute approximate surface area is 124 Å². The summed E-state index contributed by atoms with van der Waals surface area (Å²) in [6, 6.07) is 2.27. The van der Waals surface area contributed by atoms with Crippen LogP contribution in [0.15, 0.2) is 16.6 Å². The second kappa shape index (κ2) is 5.19. The number of carbonyl (C=O) groups excluding carboxylic acids is 1. The number of ketones is 1. The Morgan fingerprint density at radius 2 is 1.95 bits per heavy atom. The Kier molecular flexibility index (Phi) is 3.67. The van der Waals surface area contributed by atoms with Crippen LogP contribution >= 0.6 is 15.9 Å². The zero-order chi connectivity index (χ0) is 14.3. The standard InChI is InChI=1S/C15H15BrF2O2/c16-10-6-11(17)13(12(18)7-10)14(19)9-2-5-20-15(8-9)3-1-4-15/h6-7,9H,1-5,8H2. The molecule has 0 aromatic heterocycles. The van der Waals surface area contributed by atoms with E-state index in [1.807, 2.05) is 0 Å². The molecule has 1 spiro atoms. The number of hydrogen-bond donors (Lipinski definition) is 0. The Morgan fingerprint density at radius 3 is 2.50 bits per heavy atom. The third-order valence-corrected chi connectivity index (χ3v) is 4.84. The van der Waals surface area contributed by atoms with Gasteiger partial charge in [-0.1, -0.05) is 15.9 Å². The van der Waals surface area contributed by atoms with E-state index in [-0.39, 0.29) is 11.5 Å². The van der Waals surface area contributed by atoms with Crippen LogP contribution in [0.2, 0.25) is 0 Å². The van der Waals surface area contributed by atoms with Gasteiger partial charge in [-0.3, -0.25) is 4.79 Å². The van der Waals surface area contributed by atoms with Crippen LogP contribution in [0.25, 0.3) is 0 Å². The van der Waals surface area contributed by atoms with Crippen molar-refractivity contribution in [2.24, 2.45) is 5.92 Å². The van der Waals surface area contributed by atoms with E-state index < -0.39 is 23.0 Å². The van der Waals surface area contributed by atoms with Gasteiger partial charge in [0.15, 0.2) is 5.78 Å². The Balaban J connectivity index is 1.85. The molecule has 1 saturated heterocycles. The van der Waals surface area contributed by atoms with Gasteiger partial charge in [0.25, 0.3) is 0 Å². The summed E-state index contributed by atoms with van der Waals surface area (Å²) in [5.41, 5.74) is -0.615. The Hall–Kier alpha value is -0.810. The number of benzene rings is 1. The maximum absolute atomic E-state index is 13.9. The van der Waals surface area contributed by atoms with E-state index in [0.717, 1.165) is 31.4 Å². The quantitative estimate of drug-likeness (QED) is 0.749. The lowest BCUT2D eigenvalue weighted by molar-refractivity contribution is -0.137. The van der Waals surface area contributed by atoms with Crippen molar-refractivity contribution in [3.8, 4) is 0 Å². The molecule has 1 aromatic carbocycles. The van der Waals surface area contributed by atoms with E-state index in [4.69, 9.17) is 4.74 Å². The van der Waals surface area contributed by atoms with Crippen molar-refractivity contribution in [2.45, 2.75) is 37.7 Å². The first kappa shape index (κ1) is 14.1. The minimum atomic E-state index is -0.795. The lowest BCUT2D eigenvalue weighted by atomic mass is 9.70. The molecular weight excluding hydrogens is 330 g/mol. The first-order valence-corrected chi connectivity index (χ1v) is 7.63. The number of hydrogen-bond acceptors (Lipinski definition) is 2. The zero-order valence-electron chi connectivity index (χ0n) is 10.9. The van der Waals surface area contributed by atoms with Crippen LogP contribution < -0.4 is 0 Å². The van der Waals surface area contributed by atoms with Crippen molar-refractivity contribution in [2.75, 3.05) is 6.61 Å². The highest BCUT2D eigenvalue weighted by Crippen LogP contribution is 2.45. The molecule has 2 aliphatic rings. The molecule has 2 fully saturated rings. The molecule has 20 heavy (non-hydrogen) atoms. The third kappa shape index (κ3) is 2.42. The topological polar surface area (TPSA) is 26.3 Å². The molecular formula is C15H15BrF2O2. The normalized spacial score (nSPS) is 24.4. The fraction of sp³-hybridized carbons (Fsp3) is 0.533. The molecule has 1 aliphatic heterocycles. The van der Waals surface area contributed by atoms with E-state index in [1.165, 1.54) is 0 Å². The first-order chi connectivity index (χ1) is 9.51. The molecule has 1 atom stereocenters. The summed E-state index contributed by atoms with van der Waals surface area (Å²) in [6.45, 7) is 0.496. The molecule has 0 radical (unpaired) electrons. The van der Waals surface area contributed by atoms with E-state index >= 15 is 0 Å². The highest BCUT2D eigenvalue weighted by molar-refractivity contribution is 9.10. The van der Waals surface area contributed by atoms with Gasteiger partial charge < -0.3 is 4.74 Å². The van der Waals surface area contributed by atoms with Gasteiger partial charge in [-0.2, -0.15) is 0 Å². The van der Waals surface area contributed by atoms with Crippen LogP contribution in [-0.2, 0) is 4.74 Å². The molecule has 3 rings (SSSR count). The summed E-state index contributed by atoms with van der Waals surface area (Å²) in [7, 11) is 0. The predicted molar refractivity (Wildman–Crippen MR) is 73.6 cm³/mol. The predicted octanol–water partition coefficient (Wildman–Crippen LogP) is 4.26. The van der Waals surface area contributed by atoms with Crippen molar-refractivity contribution < 1.29 is 18.3 Å². The Bertz CT molecular complexity index is 532. The van der Waals surface area contributed by atoms with Gasteiger partial charge in [-0.05, 0) is 44.2 Å². The van der Waals surface area contributed by atoms with E-state index in [1.54, 1.807) is 0 Å². The van der Waals surface area contributed by atoms with Crippen LogP contribution in [0, 0.1) is 17.6 Å². The molecule has 1 heterocycles. The minimum absolute atomic E-state index is 0.207. The summed E-state index contributed by atoms with van der Waals surface area (Å²) in [4.78, 5) is 12.4.